The number of alkyl carbamates (subject to hydrolysis) is 1. The second kappa shape index (κ2) is 17.7. The fourth-order valence-corrected chi connectivity index (χ4v) is 5.50. The van der Waals surface area contributed by atoms with Crippen LogP contribution < -0.4 is 72.2 Å². The van der Waals surface area contributed by atoms with E-state index >= 15 is 0 Å². The van der Waals surface area contributed by atoms with E-state index in [2.05, 4.69) is 28.8 Å². The molecule has 0 radical (unpaired) electrons. The molecule has 9 nitrogen and oxygen atoms in total. The predicted octanol–water partition coefficient (Wildman–Crippen LogP) is 1.88. The standard InChI is InChI=1S/C15H19ClN2O3.C13H17ClN2O.K.H2O/c1-10-6-7-18(8-13(10)17-15(20)21-2)14-11(9-19)4-3-5-12(14)16;1-9-5-6-16(7-12(9)15)13-10(8-17)3-2-4-11(13)14;;/h3-5,9-10,13H,6-8H2,1-2H3,(H,17,20);2-4,8-9,12H,5-7,15H2,1H3;;1H2/q;;+1;/p-1. The summed E-state index contributed by atoms with van der Waals surface area (Å²) in [5, 5.41) is 4.01. The van der Waals surface area contributed by atoms with Crippen LogP contribution in [-0.2, 0) is 4.74 Å². The third-order valence-electron chi connectivity index (χ3n) is 7.39. The van der Waals surface area contributed by atoms with Gasteiger partial charge in [-0.2, -0.15) is 0 Å². The average molecular weight is 620 g/mol. The van der Waals surface area contributed by atoms with E-state index in [4.69, 9.17) is 28.9 Å². The number of carbonyl (C=O) groups is 3. The molecule has 0 spiro atoms. The normalized spacial score (nSPS) is 21.9. The van der Waals surface area contributed by atoms with E-state index in [0.717, 1.165) is 56.4 Å². The van der Waals surface area contributed by atoms with Crippen molar-refractivity contribution in [3.8, 4) is 0 Å². The van der Waals surface area contributed by atoms with E-state index in [1.807, 2.05) is 11.0 Å². The van der Waals surface area contributed by atoms with Gasteiger partial charge in [0.2, 0.25) is 0 Å². The number of methoxy groups -OCH3 is 1. The van der Waals surface area contributed by atoms with Crippen molar-refractivity contribution < 1.29 is 76.0 Å². The van der Waals surface area contributed by atoms with Gasteiger partial charge in [-0.25, -0.2) is 4.79 Å². The number of hydrogen-bond acceptors (Lipinski definition) is 8. The molecule has 2 saturated heterocycles. The van der Waals surface area contributed by atoms with Crippen molar-refractivity contribution in [2.75, 3.05) is 43.1 Å². The Hall–Kier alpha value is -1.21. The summed E-state index contributed by atoms with van der Waals surface area (Å²) in [5.74, 6) is 0.857. The Morgan fingerprint density at radius 2 is 1.40 bits per heavy atom. The molecular formula is C28H37Cl2KN4O5. The number of halogens is 2. The number of nitrogens with two attached hydrogens (primary N) is 1. The molecule has 4 rings (SSSR count). The van der Waals surface area contributed by atoms with Crippen molar-refractivity contribution in [3.63, 3.8) is 0 Å². The molecule has 0 aromatic heterocycles. The molecule has 1 amide bonds. The third kappa shape index (κ3) is 9.40. The van der Waals surface area contributed by atoms with Crippen LogP contribution in [0.1, 0.15) is 47.4 Å². The summed E-state index contributed by atoms with van der Waals surface area (Å²) in [6.45, 7) is 7.30. The zero-order chi connectivity index (χ0) is 27.8. The molecule has 2 aromatic carbocycles. The number of hydrogen-bond donors (Lipinski definition) is 2. The van der Waals surface area contributed by atoms with Crippen LogP contribution in [0.4, 0.5) is 16.2 Å². The fourth-order valence-electron chi connectivity index (χ4n) is 4.89. The minimum atomic E-state index is -0.441. The Labute approximate surface area is 288 Å². The Kier molecular flexibility index (Phi) is 16.3. The summed E-state index contributed by atoms with van der Waals surface area (Å²) in [5.41, 5.74) is 8.84. The minimum Gasteiger partial charge on any atom is -0.870 e. The van der Waals surface area contributed by atoms with Gasteiger partial charge in [-0.15, -0.1) is 0 Å². The fraction of sp³-hybridized carbons (Fsp3) is 0.464. The van der Waals surface area contributed by atoms with Gasteiger partial charge in [-0.3, -0.25) is 9.59 Å². The summed E-state index contributed by atoms with van der Waals surface area (Å²) in [4.78, 5) is 37.9. The topological polar surface area (TPSA) is 135 Å². The Bertz CT molecular complexity index is 1140. The SMILES string of the molecule is CC1CCN(c2c(Cl)cccc2C=O)CC1N.COC(=O)NC1CN(c2c(Cl)cccc2C=O)CCC1C.[K+].[OH-]. The molecule has 0 saturated carbocycles. The number of carbonyl (C=O) groups excluding carboxylic acids is 3. The van der Waals surface area contributed by atoms with Gasteiger partial charge in [0.25, 0.3) is 0 Å². The number of amides is 1. The second-order valence-electron chi connectivity index (χ2n) is 9.92. The molecule has 4 N–H and O–H groups in total. The van der Waals surface area contributed by atoms with Crippen LogP contribution in [0, 0.1) is 11.8 Å². The molecule has 0 aliphatic carbocycles. The van der Waals surface area contributed by atoms with Gasteiger partial charge in [-0.05, 0) is 48.9 Å². The molecule has 4 atom stereocenters. The van der Waals surface area contributed by atoms with Crippen LogP contribution in [0.25, 0.3) is 0 Å². The number of nitrogens with one attached hydrogen (secondary N) is 1. The molecule has 2 aliphatic rings. The number of aldehydes is 2. The Morgan fingerprint density at radius 3 is 1.85 bits per heavy atom. The van der Waals surface area contributed by atoms with Crippen LogP contribution in [0.15, 0.2) is 36.4 Å². The molecule has 0 bridgehead atoms. The molecule has 12 heteroatoms. The van der Waals surface area contributed by atoms with Crippen molar-refractivity contribution in [2.24, 2.45) is 17.6 Å². The molecule has 4 unspecified atom stereocenters. The molecule has 2 heterocycles. The van der Waals surface area contributed by atoms with Crippen LogP contribution in [-0.4, -0.2) is 69.5 Å². The molecule has 40 heavy (non-hydrogen) atoms. The smallest absolute Gasteiger partial charge is 0.870 e. The first-order valence-corrected chi connectivity index (χ1v) is 13.5. The number of rotatable bonds is 5. The molecular weight excluding hydrogens is 582 g/mol. The number of nitrogens with zero attached hydrogens (tertiary/aromatic N) is 2. The third-order valence-corrected chi connectivity index (χ3v) is 8.00. The van der Waals surface area contributed by atoms with Crippen LogP contribution in [0.2, 0.25) is 10.0 Å². The second-order valence-corrected chi connectivity index (χ2v) is 10.7. The predicted molar refractivity (Wildman–Crippen MR) is 155 cm³/mol. The van der Waals surface area contributed by atoms with Gasteiger partial charge in [0.1, 0.15) is 0 Å². The average Bonchev–Trinajstić information content (AvgIpc) is 2.91. The van der Waals surface area contributed by atoms with Gasteiger partial charge >= 0.3 is 57.5 Å². The monoisotopic (exact) mass is 618 g/mol. The Balaban J connectivity index is 0.000000388. The van der Waals surface area contributed by atoms with Crippen molar-refractivity contribution in [1.29, 1.82) is 0 Å². The molecule has 214 valence electrons. The summed E-state index contributed by atoms with van der Waals surface area (Å²) >= 11 is 12.4. The van der Waals surface area contributed by atoms with Gasteiger partial charge in [0.05, 0.1) is 34.6 Å². The van der Waals surface area contributed by atoms with Crippen LogP contribution in [0.5, 0.6) is 0 Å². The zero-order valence-electron chi connectivity index (χ0n) is 23.5. The largest absolute Gasteiger partial charge is 1.00 e. The number of benzene rings is 2. The van der Waals surface area contributed by atoms with E-state index in [1.54, 1.807) is 30.3 Å². The van der Waals surface area contributed by atoms with Crippen LogP contribution in [0.3, 0.4) is 0 Å². The first-order valence-electron chi connectivity index (χ1n) is 12.8. The van der Waals surface area contributed by atoms with Gasteiger partial charge < -0.3 is 31.1 Å². The number of piperidine rings is 2. The number of ether oxygens (including phenoxy) is 1. The van der Waals surface area contributed by atoms with E-state index in [0.29, 0.717) is 39.6 Å². The molecule has 2 aromatic rings. The summed E-state index contributed by atoms with van der Waals surface area (Å²) in [6.07, 6.45) is 3.15. The van der Waals surface area contributed by atoms with E-state index in [1.165, 1.54) is 7.11 Å². The number of para-hydroxylation sites is 2. The van der Waals surface area contributed by atoms with E-state index < -0.39 is 6.09 Å². The van der Waals surface area contributed by atoms with Crippen molar-refractivity contribution in [3.05, 3.63) is 57.6 Å². The molecule has 2 fully saturated rings. The maximum absolute atomic E-state index is 11.4. The first-order chi connectivity index (χ1) is 18.2. The quantitative estimate of drug-likeness (QED) is 0.383. The minimum absolute atomic E-state index is 0. The van der Waals surface area contributed by atoms with Gasteiger partial charge in [0.15, 0.2) is 12.6 Å². The maximum atomic E-state index is 11.4. The van der Waals surface area contributed by atoms with Crippen LogP contribution >= 0.6 is 23.2 Å². The first kappa shape index (κ1) is 36.8. The van der Waals surface area contributed by atoms with E-state index in [-0.39, 0.29) is 68.9 Å². The van der Waals surface area contributed by atoms with Gasteiger partial charge in [-0.1, -0.05) is 49.2 Å². The number of anilines is 2. The van der Waals surface area contributed by atoms with Crippen molar-refractivity contribution in [1.82, 2.24) is 5.32 Å². The molecule has 2 aliphatic heterocycles. The summed E-state index contributed by atoms with van der Waals surface area (Å²) in [6, 6.07) is 10.8. The summed E-state index contributed by atoms with van der Waals surface area (Å²) in [7, 11) is 1.35. The van der Waals surface area contributed by atoms with Crippen molar-refractivity contribution in [2.45, 2.75) is 38.8 Å². The van der Waals surface area contributed by atoms with Gasteiger partial charge in [0, 0.05) is 43.3 Å². The Morgan fingerprint density at radius 1 is 0.925 bits per heavy atom. The maximum Gasteiger partial charge on any atom is 1.00 e. The van der Waals surface area contributed by atoms with E-state index in [9.17, 15) is 14.4 Å². The van der Waals surface area contributed by atoms with Crippen molar-refractivity contribution >= 4 is 53.2 Å². The summed E-state index contributed by atoms with van der Waals surface area (Å²) < 4.78 is 4.66. The zero-order valence-corrected chi connectivity index (χ0v) is 28.1.